The van der Waals surface area contributed by atoms with Gasteiger partial charge in [-0.1, -0.05) is 24.3 Å². The van der Waals surface area contributed by atoms with E-state index >= 15 is 0 Å². The maximum absolute atomic E-state index is 6.13. The zero-order chi connectivity index (χ0) is 11.2. The quantitative estimate of drug-likeness (QED) is 0.868. The molecule has 2 aliphatic rings. The highest BCUT2D eigenvalue weighted by Crippen LogP contribution is 2.51. The van der Waals surface area contributed by atoms with Crippen molar-refractivity contribution in [2.24, 2.45) is 5.73 Å². The van der Waals surface area contributed by atoms with Gasteiger partial charge in [-0.2, -0.15) is 11.8 Å². The normalized spacial score (nSPS) is 24.9. The first-order valence-corrected chi connectivity index (χ1v) is 7.32. The third-order valence-electron chi connectivity index (χ3n) is 4.23. The first kappa shape index (κ1) is 10.7. The van der Waals surface area contributed by atoms with Gasteiger partial charge in [0.15, 0.2) is 0 Å². The van der Waals surface area contributed by atoms with E-state index in [0.717, 1.165) is 5.92 Å². The van der Waals surface area contributed by atoms with Crippen LogP contribution in [-0.4, -0.2) is 17.5 Å². The molecule has 2 heteroatoms. The molecule has 1 aromatic rings. The van der Waals surface area contributed by atoms with Crippen LogP contribution in [0.1, 0.15) is 36.8 Å². The van der Waals surface area contributed by atoms with Crippen LogP contribution in [0.25, 0.3) is 0 Å². The van der Waals surface area contributed by atoms with Crippen molar-refractivity contribution in [2.45, 2.75) is 37.1 Å². The van der Waals surface area contributed by atoms with Crippen molar-refractivity contribution in [1.82, 2.24) is 0 Å². The third-order valence-corrected chi connectivity index (χ3v) is 5.51. The van der Waals surface area contributed by atoms with E-state index in [1.807, 2.05) is 0 Å². The molecule has 0 radical (unpaired) electrons. The maximum Gasteiger partial charge on any atom is 0.0108 e. The van der Waals surface area contributed by atoms with E-state index in [0.29, 0.717) is 11.5 Å². The number of rotatable bonds is 3. The van der Waals surface area contributed by atoms with Gasteiger partial charge in [0.05, 0.1) is 0 Å². The lowest BCUT2D eigenvalue weighted by molar-refractivity contribution is 0.555. The van der Waals surface area contributed by atoms with Gasteiger partial charge in [0.1, 0.15) is 0 Å². The summed E-state index contributed by atoms with van der Waals surface area (Å²) in [6.07, 6.45) is 2.54. The second-order valence-electron chi connectivity index (χ2n) is 5.30. The second-order valence-corrected chi connectivity index (χ2v) is 6.38. The highest BCUT2D eigenvalue weighted by Gasteiger charge is 2.47. The minimum absolute atomic E-state index is 0.290. The van der Waals surface area contributed by atoms with E-state index in [9.17, 15) is 0 Å². The molecule has 16 heavy (non-hydrogen) atoms. The van der Waals surface area contributed by atoms with Crippen LogP contribution in [0.4, 0.5) is 0 Å². The Kier molecular flexibility index (Phi) is 2.52. The molecule has 0 aromatic heterocycles. The molecule has 1 aromatic carbocycles. The van der Waals surface area contributed by atoms with E-state index in [4.69, 9.17) is 5.73 Å². The molecule has 2 fully saturated rings. The highest BCUT2D eigenvalue weighted by molar-refractivity contribution is 8.00. The fourth-order valence-corrected chi connectivity index (χ4v) is 3.53. The summed E-state index contributed by atoms with van der Waals surface area (Å²) in [7, 11) is 0. The fourth-order valence-electron chi connectivity index (χ4n) is 2.67. The Morgan fingerprint density at radius 1 is 1.38 bits per heavy atom. The Bertz CT molecular complexity index is 391. The Morgan fingerprint density at radius 3 is 2.62 bits per heavy atom. The van der Waals surface area contributed by atoms with E-state index in [1.54, 1.807) is 0 Å². The molecule has 1 aliphatic heterocycles. The summed E-state index contributed by atoms with van der Waals surface area (Å²) in [6, 6.07) is 9.48. The molecule has 0 bridgehead atoms. The van der Waals surface area contributed by atoms with E-state index in [1.165, 1.54) is 35.5 Å². The van der Waals surface area contributed by atoms with Gasteiger partial charge in [-0.05, 0) is 30.9 Å². The standard InChI is InChI=1S/C14H19NS/c1-10(15)14(5-6-14)13-4-2-3-11(7-13)12-8-16-9-12/h2-4,7,10,12H,5-6,8-9,15H2,1H3. The molecule has 3 rings (SSSR count). The Morgan fingerprint density at radius 2 is 2.12 bits per heavy atom. The molecule has 0 spiro atoms. The first-order valence-electron chi connectivity index (χ1n) is 6.16. The predicted octanol–water partition coefficient (Wildman–Crippen LogP) is 2.90. The van der Waals surface area contributed by atoms with E-state index in [-0.39, 0.29) is 0 Å². The molecule has 1 saturated carbocycles. The summed E-state index contributed by atoms with van der Waals surface area (Å²) < 4.78 is 0. The van der Waals surface area contributed by atoms with Gasteiger partial charge in [0, 0.05) is 28.9 Å². The lowest BCUT2D eigenvalue weighted by Crippen LogP contribution is -2.31. The van der Waals surface area contributed by atoms with Crippen molar-refractivity contribution < 1.29 is 0 Å². The molecule has 86 valence electrons. The predicted molar refractivity (Wildman–Crippen MR) is 71.1 cm³/mol. The lowest BCUT2D eigenvalue weighted by atomic mass is 9.87. The van der Waals surface area contributed by atoms with Gasteiger partial charge < -0.3 is 5.73 Å². The monoisotopic (exact) mass is 233 g/mol. The summed E-state index contributed by atoms with van der Waals surface area (Å²) in [5, 5.41) is 0. The summed E-state index contributed by atoms with van der Waals surface area (Å²) in [6.45, 7) is 2.15. The number of hydrogen-bond acceptors (Lipinski definition) is 2. The van der Waals surface area contributed by atoms with E-state index in [2.05, 4.69) is 43.0 Å². The number of benzene rings is 1. The maximum atomic E-state index is 6.13. The Hall–Kier alpha value is -0.470. The van der Waals surface area contributed by atoms with Crippen LogP contribution < -0.4 is 5.73 Å². The van der Waals surface area contributed by atoms with Gasteiger partial charge >= 0.3 is 0 Å². The van der Waals surface area contributed by atoms with Crippen LogP contribution in [0, 0.1) is 0 Å². The first-order chi connectivity index (χ1) is 7.72. The zero-order valence-electron chi connectivity index (χ0n) is 9.78. The molecule has 2 N–H and O–H groups in total. The largest absolute Gasteiger partial charge is 0.327 e. The second kappa shape index (κ2) is 3.78. The third kappa shape index (κ3) is 1.59. The summed E-state index contributed by atoms with van der Waals surface area (Å²) >= 11 is 2.05. The van der Waals surface area contributed by atoms with Gasteiger partial charge in [0.2, 0.25) is 0 Å². The van der Waals surface area contributed by atoms with E-state index < -0.39 is 0 Å². The van der Waals surface area contributed by atoms with Gasteiger partial charge in [0.25, 0.3) is 0 Å². The number of thioether (sulfide) groups is 1. The zero-order valence-corrected chi connectivity index (χ0v) is 10.6. The van der Waals surface area contributed by atoms with Crippen molar-refractivity contribution in [3.8, 4) is 0 Å². The van der Waals surface area contributed by atoms with Crippen molar-refractivity contribution in [3.63, 3.8) is 0 Å². The topological polar surface area (TPSA) is 26.0 Å². The summed E-state index contributed by atoms with van der Waals surface area (Å²) in [4.78, 5) is 0. The van der Waals surface area contributed by atoms with Gasteiger partial charge in [-0.25, -0.2) is 0 Å². The average molecular weight is 233 g/mol. The molecule has 1 heterocycles. The molecule has 1 unspecified atom stereocenters. The van der Waals surface area contributed by atoms with Crippen molar-refractivity contribution in [3.05, 3.63) is 35.4 Å². The fraction of sp³-hybridized carbons (Fsp3) is 0.571. The van der Waals surface area contributed by atoms with Crippen LogP contribution in [0.15, 0.2) is 24.3 Å². The number of nitrogens with two attached hydrogens (primary N) is 1. The molecule has 0 amide bonds. The number of hydrogen-bond donors (Lipinski definition) is 1. The summed E-state index contributed by atoms with van der Waals surface area (Å²) in [5.74, 6) is 3.40. The average Bonchev–Trinajstić information content (AvgIpc) is 2.95. The van der Waals surface area contributed by atoms with Gasteiger partial charge in [-0.3, -0.25) is 0 Å². The summed E-state index contributed by atoms with van der Waals surface area (Å²) in [5.41, 5.74) is 9.46. The minimum atomic E-state index is 0.290. The molecule has 1 atom stereocenters. The molecule has 1 nitrogen and oxygen atoms in total. The molecular formula is C14H19NS. The Balaban J connectivity index is 1.90. The van der Waals surface area contributed by atoms with Crippen LogP contribution in [0.2, 0.25) is 0 Å². The molecule has 1 saturated heterocycles. The van der Waals surface area contributed by atoms with Crippen molar-refractivity contribution in [1.29, 1.82) is 0 Å². The lowest BCUT2D eigenvalue weighted by Gasteiger charge is -2.27. The molecule has 1 aliphatic carbocycles. The van der Waals surface area contributed by atoms with Crippen LogP contribution >= 0.6 is 11.8 Å². The van der Waals surface area contributed by atoms with Gasteiger partial charge in [-0.15, -0.1) is 0 Å². The van der Waals surface area contributed by atoms with Crippen LogP contribution in [-0.2, 0) is 5.41 Å². The minimum Gasteiger partial charge on any atom is -0.327 e. The van der Waals surface area contributed by atoms with Crippen molar-refractivity contribution >= 4 is 11.8 Å². The van der Waals surface area contributed by atoms with Crippen molar-refractivity contribution in [2.75, 3.05) is 11.5 Å². The van der Waals surface area contributed by atoms with Crippen LogP contribution in [0.5, 0.6) is 0 Å². The highest BCUT2D eigenvalue weighted by atomic mass is 32.2. The molecular weight excluding hydrogens is 214 g/mol. The van der Waals surface area contributed by atoms with Crippen LogP contribution in [0.3, 0.4) is 0 Å². The SMILES string of the molecule is CC(N)C1(c2cccc(C3CSC3)c2)CC1. The smallest absolute Gasteiger partial charge is 0.0108 e. The Labute approximate surface area is 102 Å².